The van der Waals surface area contributed by atoms with Crippen molar-refractivity contribution in [1.29, 1.82) is 0 Å². The quantitative estimate of drug-likeness (QED) is 0.367. The molecule has 5 rings (SSSR count). The summed E-state index contributed by atoms with van der Waals surface area (Å²) in [6.45, 7) is 5.36. The Hall–Kier alpha value is -3.03. The molecule has 0 bridgehead atoms. The number of amides is 1. The molecule has 0 saturated carbocycles. The van der Waals surface area contributed by atoms with Gasteiger partial charge in [-0.05, 0) is 61.3 Å². The highest BCUT2D eigenvalue weighted by molar-refractivity contribution is 6.04. The van der Waals surface area contributed by atoms with Crippen LogP contribution in [-0.2, 0) is 16.1 Å². The Morgan fingerprint density at radius 2 is 1.49 bits per heavy atom. The molecule has 2 fully saturated rings. The second-order valence-electron chi connectivity index (χ2n) is 10.8. The van der Waals surface area contributed by atoms with Gasteiger partial charge in [-0.2, -0.15) is 0 Å². The van der Waals surface area contributed by atoms with Gasteiger partial charge in [0, 0.05) is 29.3 Å². The van der Waals surface area contributed by atoms with Crippen molar-refractivity contribution < 1.29 is 19.4 Å². The molecular weight excluding hydrogens is 488 g/mol. The van der Waals surface area contributed by atoms with Gasteiger partial charge in [-0.15, -0.1) is 0 Å². The number of nitrogens with zero attached hydrogens (tertiary/aromatic N) is 1. The van der Waals surface area contributed by atoms with E-state index in [1.807, 2.05) is 54.6 Å². The number of benzene rings is 3. The fraction of sp³-hybridized carbons (Fsp3) is 0.424. The lowest BCUT2D eigenvalue weighted by atomic mass is 9.89. The van der Waals surface area contributed by atoms with Crippen LogP contribution in [0.15, 0.2) is 78.9 Å². The Morgan fingerprint density at radius 3 is 2.15 bits per heavy atom. The van der Waals surface area contributed by atoms with E-state index in [9.17, 15) is 9.90 Å². The van der Waals surface area contributed by atoms with Gasteiger partial charge in [0.1, 0.15) is 0 Å². The van der Waals surface area contributed by atoms with Crippen LogP contribution in [0.3, 0.4) is 0 Å². The third-order valence-electron chi connectivity index (χ3n) is 7.99. The topological polar surface area (TPSA) is 71.0 Å². The minimum absolute atomic E-state index is 0.0168. The zero-order valence-electron chi connectivity index (χ0n) is 22.8. The maximum Gasteiger partial charge on any atom is 0.255 e. The van der Waals surface area contributed by atoms with Crippen molar-refractivity contribution in [3.05, 3.63) is 101 Å². The number of likely N-dealkylation sites (tertiary alicyclic amines) is 1. The van der Waals surface area contributed by atoms with E-state index in [1.54, 1.807) is 12.1 Å². The van der Waals surface area contributed by atoms with Gasteiger partial charge in [0.2, 0.25) is 0 Å². The molecule has 0 aromatic heterocycles. The second-order valence-corrected chi connectivity index (χ2v) is 10.8. The first-order valence-electron chi connectivity index (χ1n) is 14.3. The van der Waals surface area contributed by atoms with Crippen molar-refractivity contribution in [2.45, 2.75) is 64.1 Å². The predicted octanol–water partition coefficient (Wildman–Crippen LogP) is 6.49. The number of aliphatic hydroxyl groups excluding tert-OH is 1. The van der Waals surface area contributed by atoms with Crippen molar-refractivity contribution in [3.63, 3.8) is 0 Å². The van der Waals surface area contributed by atoms with E-state index in [1.165, 1.54) is 32.1 Å². The molecule has 0 spiro atoms. The van der Waals surface area contributed by atoms with Gasteiger partial charge in [0.05, 0.1) is 18.8 Å². The summed E-state index contributed by atoms with van der Waals surface area (Å²) in [6, 6.07) is 25.0. The molecule has 3 aromatic rings. The molecule has 2 aliphatic heterocycles. The third-order valence-corrected chi connectivity index (χ3v) is 7.99. The molecule has 6 nitrogen and oxygen atoms in total. The van der Waals surface area contributed by atoms with Crippen molar-refractivity contribution in [3.8, 4) is 0 Å². The van der Waals surface area contributed by atoms with Crippen molar-refractivity contribution in [2.75, 3.05) is 25.0 Å². The molecular formula is C33H40N2O4. The smallest absolute Gasteiger partial charge is 0.255 e. The van der Waals surface area contributed by atoms with E-state index in [4.69, 9.17) is 9.47 Å². The Morgan fingerprint density at radius 1 is 0.846 bits per heavy atom. The molecule has 4 atom stereocenters. The lowest BCUT2D eigenvalue weighted by Gasteiger charge is -2.43. The summed E-state index contributed by atoms with van der Waals surface area (Å²) < 4.78 is 13.3. The number of hydrogen-bond donors (Lipinski definition) is 2. The van der Waals surface area contributed by atoms with E-state index in [0.29, 0.717) is 5.56 Å². The molecule has 6 heteroatoms. The fourth-order valence-corrected chi connectivity index (χ4v) is 5.59. The first-order valence-corrected chi connectivity index (χ1v) is 14.3. The lowest BCUT2D eigenvalue weighted by molar-refractivity contribution is -0.276. The number of anilines is 1. The van der Waals surface area contributed by atoms with Gasteiger partial charge in [0.25, 0.3) is 5.91 Å². The Labute approximate surface area is 232 Å². The molecule has 0 aliphatic carbocycles. The standard InChI is InChI=1S/C33H40N2O4/c1-24-30(22-35-20-8-3-2-4-9-21-35)38-33(39-31(24)26-14-12-25(23-36)13-15-26)28-16-18-29(19-17-28)34-32(37)27-10-6-5-7-11-27/h5-7,10-19,24,30-31,33,36H,2-4,8-9,20-23H2,1H3,(H,34,37). The third kappa shape index (κ3) is 7.14. The zero-order chi connectivity index (χ0) is 27.0. The molecule has 2 N–H and O–H groups in total. The van der Waals surface area contributed by atoms with Gasteiger partial charge in [-0.1, -0.05) is 80.8 Å². The normalized spacial score (nSPS) is 24.5. The van der Waals surface area contributed by atoms with E-state index in [2.05, 4.69) is 29.3 Å². The Bertz CT molecular complexity index is 1170. The highest BCUT2D eigenvalue weighted by atomic mass is 16.7. The second kappa shape index (κ2) is 13.4. The van der Waals surface area contributed by atoms with Crippen LogP contribution < -0.4 is 5.32 Å². The first kappa shape index (κ1) is 27.5. The van der Waals surface area contributed by atoms with Gasteiger partial charge in [-0.25, -0.2) is 0 Å². The van der Waals surface area contributed by atoms with Crippen LogP contribution in [-0.4, -0.2) is 41.7 Å². The van der Waals surface area contributed by atoms with Gasteiger partial charge in [0.15, 0.2) is 6.29 Å². The van der Waals surface area contributed by atoms with Crippen LogP contribution in [0.25, 0.3) is 0 Å². The van der Waals surface area contributed by atoms with Crippen LogP contribution in [0.2, 0.25) is 0 Å². The number of carbonyl (C=O) groups excluding carboxylic acids is 1. The average molecular weight is 529 g/mol. The largest absolute Gasteiger partial charge is 0.392 e. The first-order chi connectivity index (χ1) is 19.1. The molecule has 2 aliphatic rings. The summed E-state index contributed by atoms with van der Waals surface area (Å²) in [5.74, 6) is 0.0261. The molecule has 2 heterocycles. The van der Waals surface area contributed by atoms with Crippen LogP contribution in [0, 0.1) is 5.92 Å². The summed E-state index contributed by atoms with van der Waals surface area (Å²) in [6.07, 6.45) is 5.80. The van der Waals surface area contributed by atoms with Gasteiger partial charge >= 0.3 is 0 Å². The molecule has 206 valence electrons. The monoisotopic (exact) mass is 528 g/mol. The van der Waals surface area contributed by atoms with Crippen molar-refractivity contribution in [1.82, 2.24) is 4.90 Å². The molecule has 0 radical (unpaired) electrons. The van der Waals surface area contributed by atoms with Crippen molar-refractivity contribution >= 4 is 11.6 Å². The van der Waals surface area contributed by atoms with E-state index < -0.39 is 6.29 Å². The minimum atomic E-state index is -0.512. The number of aliphatic hydroxyl groups is 1. The van der Waals surface area contributed by atoms with E-state index in [-0.39, 0.29) is 30.6 Å². The van der Waals surface area contributed by atoms with E-state index >= 15 is 0 Å². The molecule has 1 amide bonds. The number of carbonyl (C=O) groups is 1. The highest BCUT2D eigenvalue weighted by Gasteiger charge is 2.39. The summed E-state index contributed by atoms with van der Waals surface area (Å²) in [4.78, 5) is 15.1. The number of hydrogen-bond acceptors (Lipinski definition) is 5. The van der Waals surface area contributed by atoms with Crippen molar-refractivity contribution in [2.24, 2.45) is 5.92 Å². The maximum atomic E-state index is 12.6. The predicted molar refractivity (Wildman–Crippen MR) is 153 cm³/mol. The Kier molecular flexibility index (Phi) is 9.43. The summed E-state index contributed by atoms with van der Waals surface area (Å²) in [7, 11) is 0. The maximum absolute atomic E-state index is 12.6. The lowest BCUT2D eigenvalue weighted by Crippen LogP contribution is -2.45. The molecule has 39 heavy (non-hydrogen) atoms. The summed E-state index contributed by atoms with van der Waals surface area (Å²) in [5, 5.41) is 12.5. The SMILES string of the molecule is CC1C(CN2CCCCCCC2)OC(c2ccc(NC(=O)c3ccccc3)cc2)OC1c1ccc(CO)cc1. The number of rotatable bonds is 7. The summed E-state index contributed by atoms with van der Waals surface area (Å²) in [5.41, 5.74) is 4.26. The average Bonchev–Trinajstić information content (AvgIpc) is 2.96. The highest BCUT2D eigenvalue weighted by Crippen LogP contribution is 2.42. The molecule has 4 unspecified atom stereocenters. The Balaban J connectivity index is 1.34. The van der Waals surface area contributed by atoms with Crippen LogP contribution in [0.5, 0.6) is 0 Å². The van der Waals surface area contributed by atoms with Crippen LogP contribution in [0.4, 0.5) is 5.69 Å². The van der Waals surface area contributed by atoms with Gasteiger partial charge in [-0.3, -0.25) is 4.79 Å². The van der Waals surface area contributed by atoms with Gasteiger partial charge < -0.3 is 24.8 Å². The zero-order valence-corrected chi connectivity index (χ0v) is 22.8. The number of ether oxygens (including phenoxy) is 2. The van der Waals surface area contributed by atoms with E-state index in [0.717, 1.165) is 42.0 Å². The van der Waals surface area contributed by atoms with Crippen LogP contribution >= 0.6 is 0 Å². The summed E-state index contributed by atoms with van der Waals surface area (Å²) >= 11 is 0. The number of nitrogens with one attached hydrogen (secondary N) is 1. The minimum Gasteiger partial charge on any atom is -0.392 e. The molecule has 3 aromatic carbocycles. The molecule has 2 saturated heterocycles. The van der Waals surface area contributed by atoms with Crippen LogP contribution in [0.1, 0.15) is 78.5 Å². The fourth-order valence-electron chi connectivity index (χ4n) is 5.59.